The molecular formula is C20H25N5O5S2. The Labute approximate surface area is 191 Å². The van der Waals surface area contributed by atoms with Crippen LogP contribution in [0, 0.1) is 10.1 Å². The number of hydrogen-bond donors (Lipinski definition) is 4. The van der Waals surface area contributed by atoms with Gasteiger partial charge < -0.3 is 10.1 Å². The molecule has 12 heteroatoms. The van der Waals surface area contributed by atoms with Crippen LogP contribution < -0.4 is 25.6 Å². The van der Waals surface area contributed by atoms with E-state index >= 15 is 0 Å². The molecule has 0 unspecified atom stereocenters. The third kappa shape index (κ3) is 6.20. The maximum absolute atomic E-state index is 13.0. The molecule has 0 aromatic heterocycles. The van der Waals surface area contributed by atoms with E-state index in [1.165, 1.54) is 37.8 Å². The minimum absolute atomic E-state index is 0.115. The van der Waals surface area contributed by atoms with E-state index in [1.807, 2.05) is 0 Å². The molecule has 1 aliphatic carbocycles. The Morgan fingerprint density at radius 2 is 1.81 bits per heavy atom. The van der Waals surface area contributed by atoms with E-state index in [9.17, 15) is 18.5 Å². The number of hydrogen-bond acceptors (Lipinski definition) is 7. The number of non-ortho nitro benzene ring substituents is 1. The molecule has 172 valence electrons. The summed E-state index contributed by atoms with van der Waals surface area (Å²) in [7, 11) is -2.66. The van der Waals surface area contributed by atoms with Gasteiger partial charge in [0, 0.05) is 23.9 Å². The maximum atomic E-state index is 13.0. The molecule has 1 aliphatic rings. The SMILES string of the molecule is COc1ccc(NS(=O)(=O)c2cc([N+](=O)[O-])ccc2NNC(=S)NC2CCCCC2)cc1. The molecule has 0 amide bonds. The minimum atomic E-state index is -4.16. The Balaban J connectivity index is 1.78. The van der Waals surface area contributed by atoms with Crippen LogP contribution in [-0.4, -0.2) is 31.6 Å². The number of rotatable bonds is 8. The average molecular weight is 480 g/mol. The number of anilines is 2. The molecule has 2 aromatic rings. The number of nitro benzene ring substituents is 1. The van der Waals surface area contributed by atoms with Gasteiger partial charge >= 0.3 is 0 Å². The van der Waals surface area contributed by atoms with Crippen LogP contribution in [0.3, 0.4) is 0 Å². The van der Waals surface area contributed by atoms with Crippen molar-refractivity contribution in [2.45, 2.75) is 43.0 Å². The highest BCUT2D eigenvalue weighted by molar-refractivity contribution is 7.92. The van der Waals surface area contributed by atoms with E-state index in [-0.39, 0.29) is 28.0 Å². The Morgan fingerprint density at radius 1 is 1.12 bits per heavy atom. The topological polar surface area (TPSA) is 135 Å². The molecule has 0 aliphatic heterocycles. The number of nitrogens with one attached hydrogen (secondary N) is 4. The second kappa shape index (κ2) is 10.5. The molecule has 1 saturated carbocycles. The second-order valence-corrected chi connectivity index (χ2v) is 9.39. The molecule has 0 bridgehead atoms. The summed E-state index contributed by atoms with van der Waals surface area (Å²) in [6.45, 7) is 0. The first-order valence-corrected chi connectivity index (χ1v) is 12.0. The highest BCUT2D eigenvalue weighted by atomic mass is 32.2. The number of thiocarbonyl (C=S) groups is 1. The van der Waals surface area contributed by atoms with Crippen molar-refractivity contribution in [3.8, 4) is 5.75 Å². The van der Waals surface area contributed by atoms with Crippen molar-refractivity contribution in [1.82, 2.24) is 10.7 Å². The summed E-state index contributed by atoms with van der Waals surface area (Å²) in [6, 6.07) is 10.0. The van der Waals surface area contributed by atoms with Gasteiger partial charge in [0.05, 0.1) is 17.7 Å². The fourth-order valence-corrected chi connectivity index (χ4v) is 4.87. The second-order valence-electron chi connectivity index (χ2n) is 7.33. The van der Waals surface area contributed by atoms with Gasteiger partial charge in [-0.15, -0.1) is 0 Å². The smallest absolute Gasteiger partial charge is 0.270 e. The van der Waals surface area contributed by atoms with Crippen molar-refractivity contribution in [1.29, 1.82) is 0 Å². The van der Waals surface area contributed by atoms with Crippen LogP contribution in [0.1, 0.15) is 32.1 Å². The molecule has 2 aromatic carbocycles. The molecule has 3 rings (SSSR count). The van der Waals surface area contributed by atoms with Crippen molar-refractivity contribution in [3.63, 3.8) is 0 Å². The lowest BCUT2D eigenvalue weighted by Crippen LogP contribution is -2.45. The summed E-state index contributed by atoms with van der Waals surface area (Å²) in [5, 5.41) is 14.7. The normalized spacial score (nSPS) is 14.3. The predicted octanol–water partition coefficient (Wildman–Crippen LogP) is 3.53. The van der Waals surface area contributed by atoms with Gasteiger partial charge in [-0.2, -0.15) is 0 Å². The lowest BCUT2D eigenvalue weighted by molar-refractivity contribution is -0.385. The van der Waals surface area contributed by atoms with Crippen LogP contribution in [0.2, 0.25) is 0 Å². The van der Waals surface area contributed by atoms with E-state index in [0.717, 1.165) is 31.7 Å². The Kier molecular flexibility index (Phi) is 7.70. The zero-order valence-corrected chi connectivity index (χ0v) is 19.1. The fraction of sp³-hybridized carbons (Fsp3) is 0.350. The van der Waals surface area contributed by atoms with E-state index in [4.69, 9.17) is 17.0 Å². The van der Waals surface area contributed by atoms with Crippen molar-refractivity contribution in [2.75, 3.05) is 17.3 Å². The van der Waals surface area contributed by atoms with E-state index < -0.39 is 14.9 Å². The van der Waals surface area contributed by atoms with Gasteiger partial charge in [0.2, 0.25) is 0 Å². The predicted molar refractivity (Wildman–Crippen MR) is 126 cm³/mol. The quantitative estimate of drug-likeness (QED) is 0.255. The summed E-state index contributed by atoms with van der Waals surface area (Å²) in [5.41, 5.74) is 5.59. The summed E-state index contributed by atoms with van der Waals surface area (Å²) >= 11 is 5.30. The maximum Gasteiger partial charge on any atom is 0.270 e. The van der Waals surface area contributed by atoms with Gasteiger partial charge in [0.1, 0.15) is 10.6 Å². The van der Waals surface area contributed by atoms with Crippen LogP contribution in [-0.2, 0) is 10.0 Å². The van der Waals surface area contributed by atoms with E-state index in [0.29, 0.717) is 10.9 Å². The first kappa shape index (κ1) is 23.5. The Hall–Kier alpha value is -3.12. The highest BCUT2D eigenvalue weighted by Gasteiger charge is 2.23. The Bertz CT molecular complexity index is 1070. The van der Waals surface area contributed by atoms with Crippen LogP contribution in [0.4, 0.5) is 17.1 Å². The van der Waals surface area contributed by atoms with Gasteiger partial charge in [-0.05, 0) is 55.4 Å². The number of hydrazine groups is 1. The van der Waals surface area contributed by atoms with Crippen molar-refractivity contribution < 1.29 is 18.1 Å². The first-order chi connectivity index (χ1) is 15.3. The van der Waals surface area contributed by atoms with Gasteiger partial charge in [0.15, 0.2) is 5.11 Å². The third-order valence-corrected chi connectivity index (χ3v) is 6.70. The molecule has 10 nitrogen and oxygen atoms in total. The number of nitro groups is 1. The molecule has 4 N–H and O–H groups in total. The number of sulfonamides is 1. The fourth-order valence-electron chi connectivity index (χ4n) is 3.41. The van der Waals surface area contributed by atoms with Crippen LogP contribution in [0.15, 0.2) is 47.4 Å². The van der Waals surface area contributed by atoms with Crippen molar-refractivity contribution >= 4 is 44.4 Å². The zero-order chi connectivity index (χ0) is 23.1. The summed E-state index contributed by atoms with van der Waals surface area (Å²) in [4.78, 5) is 10.3. The largest absolute Gasteiger partial charge is 0.497 e. The summed E-state index contributed by atoms with van der Waals surface area (Å²) in [5.74, 6) is 0.564. The molecule has 0 spiro atoms. The lowest BCUT2D eigenvalue weighted by Gasteiger charge is -2.24. The third-order valence-electron chi connectivity index (χ3n) is 5.06. The van der Waals surface area contributed by atoms with Gasteiger partial charge in [0.25, 0.3) is 15.7 Å². The molecule has 0 heterocycles. The number of methoxy groups -OCH3 is 1. The number of benzene rings is 2. The highest BCUT2D eigenvalue weighted by Crippen LogP contribution is 2.28. The molecule has 0 saturated heterocycles. The standard InChI is InChI=1S/C20H25N5O5S2/c1-30-17-10-7-15(8-11-17)24-32(28,29)19-13-16(25(26)27)9-12-18(19)22-23-20(31)21-14-5-3-2-4-6-14/h7-14,22,24H,2-6H2,1H3,(H2,21,23,31). The molecule has 32 heavy (non-hydrogen) atoms. The van der Waals surface area contributed by atoms with Crippen molar-refractivity contribution in [2.24, 2.45) is 0 Å². The lowest BCUT2D eigenvalue weighted by atomic mass is 9.96. The average Bonchev–Trinajstić information content (AvgIpc) is 2.78. The van der Waals surface area contributed by atoms with Crippen LogP contribution in [0.25, 0.3) is 0 Å². The van der Waals surface area contributed by atoms with Crippen LogP contribution >= 0.6 is 12.2 Å². The van der Waals surface area contributed by atoms with Crippen molar-refractivity contribution in [3.05, 3.63) is 52.6 Å². The molecule has 0 radical (unpaired) electrons. The van der Waals surface area contributed by atoms with Gasteiger partial charge in [-0.1, -0.05) is 19.3 Å². The van der Waals surface area contributed by atoms with Gasteiger partial charge in [-0.3, -0.25) is 25.7 Å². The minimum Gasteiger partial charge on any atom is -0.497 e. The number of nitrogens with zero attached hydrogens (tertiary/aromatic N) is 1. The number of ether oxygens (including phenoxy) is 1. The van der Waals surface area contributed by atoms with E-state index in [2.05, 4.69) is 20.9 Å². The molecule has 0 atom stereocenters. The van der Waals surface area contributed by atoms with Crippen LogP contribution in [0.5, 0.6) is 5.75 Å². The summed E-state index contributed by atoms with van der Waals surface area (Å²) in [6.07, 6.45) is 5.52. The first-order valence-electron chi connectivity index (χ1n) is 10.1. The Morgan fingerprint density at radius 3 is 2.44 bits per heavy atom. The monoisotopic (exact) mass is 479 g/mol. The van der Waals surface area contributed by atoms with E-state index in [1.54, 1.807) is 12.1 Å². The molecule has 1 fully saturated rings. The molecular weight excluding hydrogens is 454 g/mol. The summed E-state index contributed by atoms with van der Waals surface area (Å²) < 4.78 is 33.6. The van der Waals surface area contributed by atoms with Gasteiger partial charge in [-0.25, -0.2) is 8.42 Å². The zero-order valence-electron chi connectivity index (χ0n) is 17.5.